The van der Waals surface area contributed by atoms with E-state index in [9.17, 15) is 0 Å². The summed E-state index contributed by atoms with van der Waals surface area (Å²) >= 11 is 5.67. The van der Waals surface area contributed by atoms with Crippen LogP contribution in [0, 0.1) is 0 Å². The number of hydrogen-bond acceptors (Lipinski definition) is 2. The topological polar surface area (TPSA) is 35.2 Å². The highest BCUT2D eigenvalue weighted by atomic mass is 35.5. The molecule has 0 spiro atoms. The summed E-state index contributed by atoms with van der Waals surface area (Å²) in [6, 6.07) is 6.12. The molecule has 0 saturated carbocycles. The van der Waals surface area contributed by atoms with Gasteiger partial charge in [-0.25, -0.2) is 0 Å². The first kappa shape index (κ1) is 12.3. The van der Waals surface area contributed by atoms with Crippen molar-refractivity contribution >= 4 is 11.6 Å². The van der Waals surface area contributed by atoms with Crippen LogP contribution < -0.4 is 10.5 Å². The maximum absolute atomic E-state index is 6.00. The van der Waals surface area contributed by atoms with E-state index in [1.165, 1.54) is 5.56 Å². The quantitative estimate of drug-likeness (QED) is 0.786. The summed E-state index contributed by atoms with van der Waals surface area (Å²) in [7, 11) is 1.69. The average Bonchev–Trinajstić information content (AvgIpc) is 2.28. The van der Waals surface area contributed by atoms with Gasteiger partial charge in [-0.1, -0.05) is 19.1 Å². The Kier molecular flexibility index (Phi) is 4.92. The Bertz CT molecular complexity index is 314. The second kappa shape index (κ2) is 5.99. The summed E-state index contributed by atoms with van der Waals surface area (Å²) in [6.45, 7) is 2.11. The van der Waals surface area contributed by atoms with E-state index in [0.717, 1.165) is 24.2 Å². The summed E-state index contributed by atoms with van der Waals surface area (Å²) in [5.74, 6) is 1.52. The Labute approximate surface area is 96.4 Å². The minimum Gasteiger partial charge on any atom is -0.496 e. The molecule has 0 bridgehead atoms. The SMILES string of the molecule is CCc1cc(C(N)CCCl)ccc1OC. The third-order valence-electron chi connectivity index (χ3n) is 2.53. The van der Waals surface area contributed by atoms with Gasteiger partial charge in [0.2, 0.25) is 0 Å². The first-order valence-electron chi connectivity index (χ1n) is 5.21. The lowest BCUT2D eigenvalue weighted by Crippen LogP contribution is -2.11. The molecule has 0 saturated heterocycles. The summed E-state index contributed by atoms with van der Waals surface area (Å²) in [4.78, 5) is 0. The van der Waals surface area contributed by atoms with Crippen molar-refractivity contribution in [3.8, 4) is 5.75 Å². The van der Waals surface area contributed by atoms with Gasteiger partial charge in [-0.2, -0.15) is 0 Å². The van der Waals surface area contributed by atoms with Crippen LogP contribution in [0.3, 0.4) is 0 Å². The standard InChI is InChI=1S/C12H18ClNO/c1-3-9-8-10(11(14)6-7-13)4-5-12(9)15-2/h4-5,8,11H,3,6-7,14H2,1-2H3. The molecule has 3 heteroatoms. The fraction of sp³-hybridized carbons (Fsp3) is 0.500. The largest absolute Gasteiger partial charge is 0.496 e. The molecule has 15 heavy (non-hydrogen) atoms. The molecule has 1 atom stereocenters. The van der Waals surface area contributed by atoms with Crippen LogP contribution in [0.2, 0.25) is 0 Å². The van der Waals surface area contributed by atoms with E-state index in [0.29, 0.717) is 5.88 Å². The van der Waals surface area contributed by atoms with Gasteiger partial charge in [0.15, 0.2) is 0 Å². The van der Waals surface area contributed by atoms with E-state index in [-0.39, 0.29) is 6.04 Å². The van der Waals surface area contributed by atoms with Crippen LogP contribution in [0.1, 0.15) is 30.5 Å². The minimum absolute atomic E-state index is 0.0266. The number of ether oxygens (including phenoxy) is 1. The molecule has 0 heterocycles. The van der Waals surface area contributed by atoms with Crippen molar-refractivity contribution in [2.45, 2.75) is 25.8 Å². The van der Waals surface area contributed by atoms with Crippen molar-refractivity contribution in [3.05, 3.63) is 29.3 Å². The fourth-order valence-corrected chi connectivity index (χ4v) is 1.82. The second-order valence-electron chi connectivity index (χ2n) is 3.51. The first-order valence-corrected chi connectivity index (χ1v) is 5.74. The number of methoxy groups -OCH3 is 1. The lowest BCUT2D eigenvalue weighted by molar-refractivity contribution is 0.410. The number of aryl methyl sites for hydroxylation is 1. The Balaban J connectivity index is 2.92. The van der Waals surface area contributed by atoms with E-state index < -0.39 is 0 Å². The molecule has 0 aliphatic carbocycles. The summed E-state index contributed by atoms with van der Waals surface area (Å²) < 4.78 is 5.26. The number of benzene rings is 1. The molecule has 84 valence electrons. The van der Waals surface area contributed by atoms with E-state index >= 15 is 0 Å². The highest BCUT2D eigenvalue weighted by Gasteiger charge is 2.08. The molecule has 0 amide bonds. The van der Waals surface area contributed by atoms with Gasteiger partial charge in [0.05, 0.1) is 7.11 Å². The third kappa shape index (κ3) is 3.11. The van der Waals surface area contributed by atoms with Crippen molar-refractivity contribution in [1.29, 1.82) is 0 Å². The van der Waals surface area contributed by atoms with Gasteiger partial charge in [0.1, 0.15) is 5.75 Å². The summed E-state index contributed by atoms with van der Waals surface area (Å²) in [6.07, 6.45) is 1.75. The van der Waals surface area contributed by atoms with Gasteiger partial charge >= 0.3 is 0 Å². The molecule has 0 fully saturated rings. The minimum atomic E-state index is 0.0266. The summed E-state index contributed by atoms with van der Waals surface area (Å²) in [5.41, 5.74) is 8.32. The number of rotatable bonds is 5. The molecule has 1 aromatic carbocycles. The Morgan fingerprint density at radius 1 is 1.47 bits per heavy atom. The van der Waals surface area contributed by atoms with Crippen LogP contribution in [0.15, 0.2) is 18.2 Å². The van der Waals surface area contributed by atoms with Gasteiger partial charge in [0.25, 0.3) is 0 Å². The van der Waals surface area contributed by atoms with Crippen LogP contribution in [0.4, 0.5) is 0 Å². The number of alkyl halides is 1. The van der Waals surface area contributed by atoms with Crippen LogP contribution in [0.25, 0.3) is 0 Å². The molecule has 0 radical (unpaired) electrons. The number of hydrogen-bond donors (Lipinski definition) is 1. The monoisotopic (exact) mass is 227 g/mol. The molecule has 0 aliphatic rings. The van der Waals surface area contributed by atoms with E-state index in [4.69, 9.17) is 22.1 Å². The molecule has 1 rings (SSSR count). The van der Waals surface area contributed by atoms with Crippen LogP contribution >= 0.6 is 11.6 Å². The van der Waals surface area contributed by atoms with Crippen molar-refractivity contribution < 1.29 is 4.74 Å². The molecule has 0 aromatic heterocycles. The number of nitrogens with two attached hydrogens (primary N) is 1. The van der Waals surface area contributed by atoms with Gasteiger partial charge < -0.3 is 10.5 Å². The van der Waals surface area contributed by atoms with E-state index in [1.54, 1.807) is 7.11 Å². The second-order valence-corrected chi connectivity index (χ2v) is 3.89. The van der Waals surface area contributed by atoms with Crippen molar-refractivity contribution in [2.75, 3.05) is 13.0 Å². The number of halogens is 1. The Hall–Kier alpha value is -0.730. The van der Waals surface area contributed by atoms with Crippen molar-refractivity contribution in [2.24, 2.45) is 5.73 Å². The van der Waals surface area contributed by atoms with E-state index in [1.807, 2.05) is 12.1 Å². The van der Waals surface area contributed by atoms with Crippen LogP contribution in [-0.2, 0) is 6.42 Å². The molecule has 2 nitrogen and oxygen atoms in total. The predicted molar refractivity (Wildman–Crippen MR) is 64.6 cm³/mol. The fourth-order valence-electron chi connectivity index (χ4n) is 1.59. The highest BCUT2D eigenvalue weighted by molar-refractivity contribution is 6.17. The molecular formula is C12H18ClNO. The maximum Gasteiger partial charge on any atom is 0.122 e. The van der Waals surface area contributed by atoms with Crippen molar-refractivity contribution in [1.82, 2.24) is 0 Å². The zero-order valence-electron chi connectivity index (χ0n) is 9.29. The maximum atomic E-state index is 6.00. The Morgan fingerprint density at radius 2 is 2.20 bits per heavy atom. The predicted octanol–water partition coefficient (Wildman–Crippen LogP) is 2.89. The van der Waals surface area contributed by atoms with Gasteiger partial charge in [-0.05, 0) is 30.0 Å². The van der Waals surface area contributed by atoms with Gasteiger partial charge in [0, 0.05) is 11.9 Å². The normalized spacial score (nSPS) is 12.5. The highest BCUT2D eigenvalue weighted by Crippen LogP contribution is 2.24. The smallest absolute Gasteiger partial charge is 0.122 e. The zero-order chi connectivity index (χ0) is 11.3. The average molecular weight is 228 g/mol. The third-order valence-corrected chi connectivity index (χ3v) is 2.75. The Morgan fingerprint density at radius 3 is 2.73 bits per heavy atom. The van der Waals surface area contributed by atoms with Gasteiger partial charge in [-0.15, -0.1) is 11.6 Å². The van der Waals surface area contributed by atoms with E-state index in [2.05, 4.69) is 13.0 Å². The first-order chi connectivity index (χ1) is 7.22. The van der Waals surface area contributed by atoms with Crippen LogP contribution in [-0.4, -0.2) is 13.0 Å². The molecule has 1 unspecified atom stereocenters. The molecule has 2 N–H and O–H groups in total. The van der Waals surface area contributed by atoms with Crippen molar-refractivity contribution in [3.63, 3.8) is 0 Å². The molecule has 0 aliphatic heterocycles. The van der Waals surface area contributed by atoms with Gasteiger partial charge in [-0.3, -0.25) is 0 Å². The lowest BCUT2D eigenvalue weighted by Gasteiger charge is -2.13. The lowest BCUT2D eigenvalue weighted by atomic mass is 10.0. The van der Waals surface area contributed by atoms with Crippen LogP contribution in [0.5, 0.6) is 5.75 Å². The summed E-state index contributed by atoms with van der Waals surface area (Å²) in [5, 5.41) is 0. The molecule has 1 aromatic rings. The molecular weight excluding hydrogens is 210 g/mol. The zero-order valence-corrected chi connectivity index (χ0v) is 10.1.